The Kier molecular flexibility index (Phi) is 5.31. The van der Waals surface area contributed by atoms with Crippen molar-refractivity contribution < 1.29 is 14.0 Å². The van der Waals surface area contributed by atoms with Crippen LogP contribution >= 0.6 is 0 Å². The first-order valence-electron chi connectivity index (χ1n) is 9.23. The summed E-state index contributed by atoms with van der Waals surface area (Å²) in [7, 11) is 1.56. The third kappa shape index (κ3) is 3.88. The summed E-state index contributed by atoms with van der Waals surface area (Å²) >= 11 is 0. The summed E-state index contributed by atoms with van der Waals surface area (Å²) in [5.41, 5.74) is 4.60. The smallest absolute Gasteiger partial charge is 0.316 e. The molecule has 1 atom stereocenters. The molecule has 0 amide bonds. The molecule has 1 fully saturated rings. The van der Waals surface area contributed by atoms with Crippen molar-refractivity contribution in [3.05, 3.63) is 53.3 Å². The SMILES string of the molecule is COc1ncc(CN2CCO[C@@H](c3cccc(-c4c(C)noc4C)n3)C2)cn1. The molecule has 0 radical (unpaired) electrons. The number of methoxy groups -OCH3 is 1. The molecule has 8 nitrogen and oxygen atoms in total. The molecule has 0 aliphatic carbocycles. The zero-order chi connectivity index (χ0) is 19.5. The van der Waals surface area contributed by atoms with Gasteiger partial charge in [0.15, 0.2) is 0 Å². The van der Waals surface area contributed by atoms with E-state index in [1.807, 2.05) is 32.0 Å². The molecule has 1 aliphatic heterocycles. The van der Waals surface area contributed by atoms with Crippen LogP contribution in [0.25, 0.3) is 11.3 Å². The van der Waals surface area contributed by atoms with Gasteiger partial charge < -0.3 is 14.0 Å². The summed E-state index contributed by atoms with van der Waals surface area (Å²) < 4.78 is 16.3. The van der Waals surface area contributed by atoms with E-state index in [0.29, 0.717) is 12.6 Å². The van der Waals surface area contributed by atoms with Gasteiger partial charge in [-0.15, -0.1) is 0 Å². The highest BCUT2D eigenvalue weighted by atomic mass is 16.5. The Bertz CT molecular complexity index is 922. The summed E-state index contributed by atoms with van der Waals surface area (Å²) in [4.78, 5) is 15.5. The van der Waals surface area contributed by atoms with E-state index in [4.69, 9.17) is 19.0 Å². The number of hydrogen-bond acceptors (Lipinski definition) is 8. The van der Waals surface area contributed by atoms with Crippen molar-refractivity contribution in [3.63, 3.8) is 0 Å². The molecule has 0 bridgehead atoms. The van der Waals surface area contributed by atoms with Crippen molar-refractivity contribution in [2.75, 3.05) is 26.8 Å². The van der Waals surface area contributed by atoms with Crippen LogP contribution in [0.2, 0.25) is 0 Å². The van der Waals surface area contributed by atoms with Gasteiger partial charge in [0.2, 0.25) is 0 Å². The van der Waals surface area contributed by atoms with Crippen LogP contribution in [0.3, 0.4) is 0 Å². The standard InChI is InChI=1S/C20H23N5O3/c1-13-19(14(2)28-24-13)17-6-4-5-16(23-17)18-12-25(7-8-27-18)11-15-9-21-20(26-3)22-10-15/h4-6,9-10,18H,7-8,11-12H2,1-3H3/t18-/m1/s1. The molecular formula is C20H23N5O3. The Hall–Kier alpha value is -2.84. The monoisotopic (exact) mass is 381 g/mol. The van der Waals surface area contributed by atoms with Gasteiger partial charge in [0.25, 0.3) is 0 Å². The summed E-state index contributed by atoms with van der Waals surface area (Å²) in [6, 6.07) is 6.37. The molecule has 146 valence electrons. The minimum absolute atomic E-state index is 0.0895. The molecule has 0 N–H and O–H groups in total. The Morgan fingerprint density at radius 2 is 2.04 bits per heavy atom. The number of aromatic nitrogens is 4. The van der Waals surface area contributed by atoms with Crippen molar-refractivity contribution in [2.24, 2.45) is 0 Å². The Labute approximate surface area is 163 Å². The second kappa shape index (κ2) is 8.04. The number of morpholine rings is 1. The van der Waals surface area contributed by atoms with Crippen molar-refractivity contribution in [3.8, 4) is 17.3 Å². The highest BCUT2D eigenvalue weighted by molar-refractivity contribution is 5.63. The molecule has 0 aromatic carbocycles. The van der Waals surface area contributed by atoms with Gasteiger partial charge in [0.1, 0.15) is 11.9 Å². The van der Waals surface area contributed by atoms with Crippen LogP contribution in [0, 0.1) is 13.8 Å². The fourth-order valence-corrected chi connectivity index (χ4v) is 3.43. The number of aryl methyl sites for hydroxylation is 2. The van der Waals surface area contributed by atoms with Gasteiger partial charge in [-0.05, 0) is 26.0 Å². The zero-order valence-electron chi connectivity index (χ0n) is 16.3. The maximum absolute atomic E-state index is 6.01. The summed E-state index contributed by atoms with van der Waals surface area (Å²) in [5, 5.41) is 4.03. The maximum Gasteiger partial charge on any atom is 0.316 e. The van der Waals surface area contributed by atoms with Crippen LogP contribution in [0.5, 0.6) is 6.01 Å². The van der Waals surface area contributed by atoms with Crippen molar-refractivity contribution in [1.82, 2.24) is 25.0 Å². The average Bonchev–Trinajstić information content (AvgIpc) is 3.07. The predicted molar refractivity (Wildman–Crippen MR) is 102 cm³/mol. The van der Waals surface area contributed by atoms with Crippen LogP contribution in [0.4, 0.5) is 0 Å². The fraction of sp³-hybridized carbons (Fsp3) is 0.400. The van der Waals surface area contributed by atoms with Crippen LogP contribution in [-0.2, 0) is 11.3 Å². The molecule has 0 saturated carbocycles. The van der Waals surface area contributed by atoms with E-state index in [9.17, 15) is 0 Å². The second-order valence-electron chi connectivity index (χ2n) is 6.82. The number of rotatable bonds is 5. The van der Waals surface area contributed by atoms with Gasteiger partial charge >= 0.3 is 6.01 Å². The summed E-state index contributed by atoms with van der Waals surface area (Å²) in [6.45, 7) is 6.85. The summed E-state index contributed by atoms with van der Waals surface area (Å²) in [5.74, 6) is 0.771. The molecule has 1 aliphatic rings. The van der Waals surface area contributed by atoms with Crippen molar-refractivity contribution >= 4 is 0 Å². The van der Waals surface area contributed by atoms with Crippen LogP contribution in [0.1, 0.15) is 28.8 Å². The molecule has 28 heavy (non-hydrogen) atoms. The number of nitrogens with zero attached hydrogens (tertiary/aromatic N) is 5. The highest BCUT2D eigenvalue weighted by Crippen LogP contribution is 2.28. The van der Waals surface area contributed by atoms with Crippen molar-refractivity contribution in [2.45, 2.75) is 26.5 Å². The largest absolute Gasteiger partial charge is 0.467 e. The molecule has 3 aromatic rings. The first-order valence-corrected chi connectivity index (χ1v) is 9.23. The lowest BCUT2D eigenvalue weighted by atomic mass is 10.1. The van der Waals surface area contributed by atoms with Gasteiger partial charge in [0, 0.05) is 37.6 Å². The molecular weight excluding hydrogens is 358 g/mol. The van der Waals surface area contributed by atoms with Crippen LogP contribution in [-0.4, -0.2) is 51.8 Å². The Morgan fingerprint density at radius 1 is 1.21 bits per heavy atom. The lowest BCUT2D eigenvalue weighted by Crippen LogP contribution is -2.38. The first-order chi connectivity index (χ1) is 13.6. The quantitative estimate of drug-likeness (QED) is 0.667. The van der Waals surface area contributed by atoms with E-state index >= 15 is 0 Å². The van der Waals surface area contributed by atoms with E-state index in [0.717, 1.165) is 53.6 Å². The number of hydrogen-bond donors (Lipinski definition) is 0. The molecule has 8 heteroatoms. The molecule has 0 unspecified atom stereocenters. The van der Waals surface area contributed by atoms with Crippen LogP contribution in [0.15, 0.2) is 35.1 Å². The first kappa shape index (κ1) is 18.5. The number of ether oxygens (including phenoxy) is 2. The van der Waals surface area contributed by atoms with Crippen LogP contribution < -0.4 is 4.74 Å². The Balaban J connectivity index is 1.49. The van der Waals surface area contributed by atoms with E-state index in [1.54, 1.807) is 19.5 Å². The topological polar surface area (TPSA) is 86.4 Å². The lowest BCUT2D eigenvalue weighted by molar-refractivity contribution is -0.0350. The van der Waals surface area contributed by atoms with E-state index in [-0.39, 0.29) is 6.10 Å². The zero-order valence-corrected chi connectivity index (χ0v) is 16.3. The second-order valence-corrected chi connectivity index (χ2v) is 6.82. The van der Waals surface area contributed by atoms with Gasteiger partial charge in [0.05, 0.1) is 36.4 Å². The minimum atomic E-state index is -0.0895. The minimum Gasteiger partial charge on any atom is -0.467 e. The molecule has 0 spiro atoms. The third-order valence-electron chi connectivity index (χ3n) is 4.81. The van der Waals surface area contributed by atoms with E-state index in [1.165, 1.54) is 0 Å². The highest BCUT2D eigenvalue weighted by Gasteiger charge is 2.24. The fourth-order valence-electron chi connectivity index (χ4n) is 3.43. The summed E-state index contributed by atoms with van der Waals surface area (Å²) in [6.07, 6.45) is 3.51. The number of pyridine rings is 1. The third-order valence-corrected chi connectivity index (χ3v) is 4.81. The predicted octanol–water partition coefficient (Wildman–Crippen LogP) is 2.73. The molecule has 4 rings (SSSR count). The van der Waals surface area contributed by atoms with Gasteiger partial charge in [-0.2, -0.15) is 0 Å². The maximum atomic E-state index is 6.01. The molecule has 1 saturated heterocycles. The Morgan fingerprint density at radius 3 is 2.75 bits per heavy atom. The molecule has 4 heterocycles. The van der Waals surface area contributed by atoms with E-state index < -0.39 is 0 Å². The van der Waals surface area contributed by atoms with Gasteiger partial charge in [-0.1, -0.05) is 11.2 Å². The van der Waals surface area contributed by atoms with Gasteiger partial charge in [-0.3, -0.25) is 4.90 Å². The normalized spacial score (nSPS) is 17.6. The van der Waals surface area contributed by atoms with Gasteiger partial charge in [-0.25, -0.2) is 15.0 Å². The van der Waals surface area contributed by atoms with E-state index in [2.05, 4.69) is 20.0 Å². The molecule has 3 aromatic heterocycles. The lowest BCUT2D eigenvalue weighted by Gasteiger charge is -2.32. The average molecular weight is 381 g/mol. The van der Waals surface area contributed by atoms with Crippen molar-refractivity contribution in [1.29, 1.82) is 0 Å².